The fourth-order valence-corrected chi connectivity index (χ4v) is 2.08. The molecule has 0 saturated heterocycles. The van der Waals surface area contributed by atoms with Gasteiger partial charge in [0, 0.05) is 5.56 Å². The number of hydrogen-bond donors (Lipinski definition) is 1. The van der Waals surface area contributed by atoms with Crippen molar-refractivity contribution in [3.63, 3.8) is 0 Å². The monoisotopic (exact) mass is 250 g/mol. The van der Waals surface area contributed by atoms with Gasteiger partial charge in [-0.2, -0.15) is 0 Å². The molecular weight excluding hydrogens is 231 g/mol. The average Bonchev–Trinajstić information content (AvgIpc) is 2.24. The van der Waals surface area contributed by atoms with Gasteiger partial charge in [0.1, 0.15) is 5.82 Å². The lowest BCUT2D eigenvalue weighted by molar-refractivity contribution is 0.343. The molecule has 1 nitrogen and oxygen atoms in total. The minimum absolute atomic E-state index is 0.0836. The van der Waals surface area contributed by atoms with Crippen LogP contribution >= 0.6 is 0 Å². The van der Waals surface area contributed by atoms with Crippen molar-refractivity contribution in [3.8, 4) is 0 Å². The predicted octanol–water partition coefficient (Wildman–Crippen LogP) is 3.64. The second-order valence-corrected chi connectivity index (χ2v) is 10.1. The summed E-state index contributed by atoms with van der Waals surface area (Å²) < 4.78 is 13.6. The summed E-state index contributed by atoms with van der Waals surface area (Å²) in [7, 11) is -1.32. The van der Waals surface area contributed by atoms with Gasteiger partial charge >= 0.3 is 0 Å². The van der Waals surface area contributed by atoms with Gasteiger partial charge in [0.25, 0.3) is 0 Å². The number of benzene rings is 1. The predicted molar refractivity (Wildman–Crippen MR) is 73.9 cm³/mol. The van der Waals surface area contributed by atoms with Crippen LogP contribution in [0.15, 0.2) is 42.1 Å². The molecule has 0 aromatic heterocycles. The van der Waals surface area contributed by atoms with Crippen molar-refractivity contribution in [2.24, 2.45) is 0 Å². The van der Waals surface area contributed by atoms with Gasteiger partial charge in [-0.05, 0) is 11.6 Å². The van der Waals surface area contributed by atoms with Gasteiger partial charge in [0.05, 0.1) is 14.7 Å². The number of allylic oxidation sites excluding steroid dienone is 2. The molecule has 1 N–H and O–H groups in total. The smallest absolute Gasteiger partial charge is 0.131 e. The Morgan fingerprint density at radius 1 is 1.29 bits per heavy atom. The topological polar surface area (TPSA) is 20.2 Å². The van der Waals surface area contributed by atoms with Crippen LogP contribution in [-0.4, -0.2) is 19.8 Å². The van der Waals surface area contributed by atoms with Crippen molar-refractivity contribution in [2.75, 3.05) is 6.61 Å². The number of rotatable bonds is 4. The zero-order chi connectivity index (χ0) is 12.9. The molecule has 0 radical (unpaired) electrons. The largest absolute Gasteiger partial charge is 0.392 e. The minimum atomic E-state index is -1.32. The van der Waals surface area contributed by atoms with Crippen LogP contribution in [0.5, 0.6) is 0 Å². The molecule has 0 spiro atoms. The van der Waals surface area contributed by atoms with E-state index in [1.54, 1.807) is 24.3 Å². The summed E-state index contributed by atoms with van der Waals surface area (Å²) in [5.74, 6) is -0.257. The first-order valence-corrected chi connectivity index (χ1v) is 9.27. The van der Waals surface area contributed by atoms with Gasteiger partial charge in [-0.3, -0.25) is 0 Å². The highest BCUT2D eigenvalue weighted by molar-refractivity contribution is 6.81. The summed E-state index contributed by atoms with van der Waals surface area (Å²) in [6, 6.07) is 6.62. The van der Waals surface area contributed by atoms with Crippen LogP contribution in [0, 0.1) is 5.82 Å². The van der Waals surface area contributed by atoms with E-state index in [-0.39, 0.29) is 12.4 Å². The average molecular weight is 250 g/mol. The maximum absolute atomic E-state index is 13.6. The first-order chi connectivity index (χ1) is 7.94. The van der Waals surface area contributed by atoms with Crippen LogP contribution in [0.4, 0.5) is 4.39 Å². The third-order valence-electron chi connectivity index (χ3n) is 2.26. The Labute approximate surface area is 103 Å². The zero-order valence-corrected chi connectivity index (χ0v) is 11.6. The Bertz CT molecular complexity index is 430. The highest BCUT2D eigenvalue weighted by atomic mass is 28.3. The van der Waals surface area contributed by atoms with E-state index >= 15 is 0 Å². The highest BCUT2D eigenvalue weighted by Crippen LogP contribution is 2.20. The minimum Gasteiger partial charge on any atom is -0.392 e. The quantitative estimate of drug-likeness (QED) is 0.639. The molecule has 1 aromatic rings. The standard InChI is InChI=1S/C14H19FOSi/c1-17(2,3)11-9-12(8-10-16)13-6-4-5-7-14(13)15/h4-9,11,16H,10H2,1-3H3/b11-9+,12-8-. The van der Waals surface area contributed by atoms with Gasteiger partial charge in [-0.15, -0.1) is 0 Å². The third kappa shape index (κ3) is 4.67. The highest BCUT2D eigenvalue weighted by Gasteiger charge is 2.09. The molecule has 0 aliphatic rings. The molecular formula is C14H19FOSi. The van der Waals surface area contributed by atoms with Crippen molar-refractivity contribution >= 4 is 13.6 Å². The Kier molecular flexibility index (Phi) is 4.84. The van der Waals surface area contributed by atoms with Crippen molar-refractivity contribution in [2.45, 2.75) is 19.6 Å². The summed E-state index contributed by atoms with van der Waals surface area (Å²) in [6.45, 7) is 6.55. The second-order valence-electron chi connectivity index (χ2n) is 5.02. The molecule has 17 heavy (non-hydrogen) atoms. The van der Waals surface area contributed by atoms with Gasteiger partial charge in [0.2, 0.25) is 0 Å². The summed E-state index contributed by atoms with van der Waals surface area (Å²) in [5.41, 5.74) is 3.42. The van der Waals surface area contributed by atoms with Gasteiger partial charge in [-0.25, -0.2) is 4.39 Å². The van der Waals surface area contributed by atoms with E-state index in [1.165, 1.54) is 6.07 Å². The maximum Gasteiger partial charge on any atom is 0.131 e. The second kappa shape index (κ2) is 5.94. The lowest BCUT2D eigenvalue weighted by Gasteiger charge is -2.10. The number of hydrogen-bond acceptors (Lipinski definition) is 1. The van der Waals surface area contributed by atoms with E-state index in [4.69, 9.17) is 5.11 Å². The van der Waals surface area contributed by atoms with Crippen molar-refractivity contribution in [1.29, 1.82) is 0 Å². The Hall–Kier alpha value is -1.19. The Balaban J connectivity index is 3.08. The number of aliphatic hydroxyl groups excluding tert-OH is 1. The van der Waals surface area contributed by atoms with E-state index in [2.05, 4.69) is 25.3 Å². The van der Waals surface area contributed by atoms with Crippen LogP contribution in [0.3, 0.4) is 0 Å². The van der Waals surface area contributed by atoms with Gasteiger partial charge < -0.3 is 5.11 Å². The fraction of sp³-hybridized carbons (Fsp3) is 0.286. The summed E-state index contributed by atoms with van der Waals surface area (Å²) in [6.07, 6.45) is 3.55. The lowest BCUT2D eigenvalue weighted by atomic mass is 10.1. The van der Waals surface area contributed by atoms with Crippen LogP contribution in [-0.2, 0) is 0 Å². The summed E-state index contributed by atoms with van der Waals surface area (Å²) >= 11 is 0. The third-order valence-corrected chi connectivity index (χ3v) is 3.43. The maximum atomic E-state index is 13.6. The first kappa shape index (κ1) is 13.9. The Morgan fingerprint density at radius 2 is 1.94 bits per heavy atom. The molecule has 0 aliphatic carbocycles. The van der Waals surface area contributed by atoms with Gasteiger partial charge in [-0.1, -0.05) is 55.7 Å². The van der Waals surface area contributed by atoms with Crippen LogP contribution in [0.1, 0.15) is 5.56 Å². The van der Waals surface area contributed by atoms with Crippen LogP contribution < -0.4 is 0 Å². The molecule has 1 rings (SSSR count). The van der Waals surface area contributed by atoms with E-state index in [1.807, 2.05) is 6.08 Å². The molecule has 0 heterocycles. The fourth-order valence-electron chi connectivity index (χ4n) is 1.40. The summed E-state index contributed by atoms with van der Waals surface area (Å²) in [5, 5.41) is 9.00. The molecule has 92 valence electrons. The molecule has 0 amide bonds. The molecule has 3 heteroatoms. The van der Waals surface area contributed by atoms with E-state index < -0.39 is 8.07 Å². The van der Waals surface area contributed by atoms with Crippen LogP contribution in [0.2, 0.25) is 19.6 Å². The molecule has 0 saturated carbocycles. The summed E-state index contributed by atoms with van der Waals surface area (Å²) in [4.78, 5) is 0. The molecule has 0 unspecified atom stereocenters. The molecule has 0 bridgehead atoms. The van der Waals surface area contributed by atoms with E-state index in [0.29, 0.717) is 5.56 Å². The lowest BCUT2D eigenvalue weighted by Crippen LogP contribution is -2.15. The molecule has 0 fully saturated rings. The number of aliphatic hydroxyl groups is 1. The number of halogens is 1. The normalized spacial score (nSPS) is 13.4. The zero-order valence-electron chi connectivity index (χ0n) is 10.6. The SMILES string of the molecule is C[Si](C)(C)/C=C/C(=C/CO)c1ccccc1F. The van der Waals surface area contributed by atoms with Crippen molar-refractivity contribution < 1.29 is 9.50 Å². The van der Waals surface area contributed by atoms with Gasteiger partial charge in [0.15, 0.2) is 0 Å². The van der Waals surface area contributed by atoms with E-state index in [9.17, 15) is 4.39 Å². The molecule has 0 aliphatic heterocycles. The molecule has 1 aromatic carbocycles. The van der Waals surface area contributed by atoms with Crippen molar-refractivity contribution in [3.05, 3.63) is 53.5 Å². The first-order valence-electron chi connectivity index (χ1n) is 5.69. The van der Waals surface area contributed by atoms with Crippen molar-refractivity contribution in [1.82, 2.24) is 0 Å². The van der Waals surface area contributed by atoms with E-state index in [0.717, 1.165) is 5.57 Å². The Morgan fingerprint density at radius 3 is 2.47 bits per heavy atom. The van der Waals surface area contributed by atoms with Crippen LogP contribution in [0.25, 0.3) is 5.57 Å². The molecule has 0 atom stereocenters.